The van der Waals surface area contributed by atoms with E-state index >= 15 is 4.79 Å². The number of fused-ring (bicyclic) bond motifs is 4. The molecule has 14 nitrogen and oxygen atoms in total. The third-order valence-electron chi connectivity index (χ3n) is 16.9. The predicted molar refractivity (Wildman–Crippen MR) is 231 cm³/mol. The van der Waals surface area contributed by atoms with Crippen LogP contribution in [-0.2, 0) is 74.7 Å². The zero-order chi connectivity index (χ0) is 45.8. The first kappa shape index (κ1) is 45.8. The van der Waals surface area contributed by atoms with Crippen LogP contribution in [0.4, 0.5) is 0 Å². The molecule has 64 heavy (non-hydrogen) atoms. The normalized spacial score (nSPS) is 41.1. The molecule has 4 heterocycles. The highest BCUT2D eigenvalue weighted by Gasteiger charge is 2.87. The van der Waals surface area contributed by atoms with Gasteiger partial charge in [0, 0.05) is 37.2 Å². The van der Waals surface area contributed by atoms with Crippen molar-refractivity contribution < 1.29 is 66.5 Å². The summed E-state index contributed by atoms with van der Waals surface area (Å²) in [6, 6.07) is 19.2. The third kappa shape index (κ3) is 6.25. The maximum Gasteiger partial charge on any atom is 0.366 e. The number of Topliss-reactive ketones (excluding diaryl/α,β-unsaturated/α-hetero) is 1. The Hall–Kier alpha value is -3.35. The minimum absolute atomic E-state index is 0.0282. The highest BCUT2D eigenvalue weighted by molar-refractivity contribution is 6.74. The van der Waals surface area contributed by atoms with Gasteiger partial charge in [0.1, 0.15) is 17.1 Å². The average Bonchev–Trinajstić information content (AvgIpc) is 4.04. The molecular formula is C49H64O14Si. The van der Waals surface area contributed by atoms with E-state index in [0.29, 0.717) is 18.4 Å². The van der Waals surface area contributed by atoms with Crippen molar-refractivity contribution in [3.63, 3.8) is 0 Å². The number of esters is 2. The van der Waals surface area contributed by atoms with Gasteiger partial charge in [-0.15, -0.1) is 0 Å². The van der Waals surface area contributed by atoms with Crippen molar-refractivity contribution in [3.8, 4) is 0 Å². The van der Waals surface area contributed by atoms with E-state index in [1.807, 2.05) is 67.6 Å². The number of aliphatic hydroxyl groups is 1. The first-order valence-corrected chi connectivity index (χ1v) is 25.5. The number of hydrogen-bond donors (Lipinski definition) is 1. The fourth-order valence-corrected chi connectivity index (χ4v) is 14.4. The van der Waals surface area contributed by atoms with Gasteiger partial charge < -0.3 is 52.2 Å². The van der Waals surface area contributed by atoms with Gasteiger partial charge in [-0.25, -0.2) is 4.79 Å². The van der Waals surface area contributed by atoms with Crippen LogP contribution in [0.1, 0.15) is 65.0 Å². The van der Waals surface area contributed by atoms with Crippen molar-refractivity contribution in [2.75, 3.05) is 34.5 Å². The first-order chi connectivity index (χ1) is 30.3. The molecule has 348 valence electrons. The van der Waals surface area contributed by atoms with Crippen LogP contribution in [-0.4, -0.2) is 114 Å². The molecular weight excluding hydrogens is 841 g/mol. The van der Waals surface area contributed by atoms with Crippen LogP contribution in [0.5, 0.6) is 0 Å². The molecule has 1 N–H and O–H groups in total. The zero-order valence-corrected chi connectivity index (χ0v) is 39.7. The molecule has 0 radical (unpaired) electrons. The van der Waals surface area contributed by atoms with Crippen molar-refractivity contribution in [1.82, 2.24) is 0 Å². The van der Waals surface area contributed by atoms with Crippen LogP contribution >= 0.6 is 0 Å². The summed E-state index contributed by atoms with van der Waals surface area (Å²) in [4.78, 5) is 46.0. The summed E-state index contributed by atoms with van der Waals surface area (Å²) >= 11 is 0. The molecule has 2 aromatic carbocycles. The van der Waals surface area contributed by atoms with Crippen molar-refractivity contribution in [1.29, 1.82) is 0 Å². The van der Waals surface area contributed by atoms with E-state index in [-0.39, 0.29) is 43.8 Å². The van der Waals surface area contributed by atoms with E-state index in [2.05, 4.69) is 33.9 Å². The smallest absolute Gasteiger partial charge is 0.366 e. The molecule has 7 aliphatic rings. The highest BCUT2D eigenvalue weighted by Crippen LogP contribution is 2.75. The second-order valence-electron chi connectivity index (χ2n) is 20.8. The van der Waals surface area contributed by atoms with Crippen LogP contribution < -0.4 is 0 Å². The number of hydrogen-bond acceptors (Lipinski definition) is 14. The van der Waals surface area contributed by atoms with Gasteiger partial charge in [0.2, 0.25) is 0 Å². The number of ketones is 1. The summed E-state index contributed by atoms with van der Waals surface area (Å²) in [6.45, 7) is 14.0. The molecule has 0 unspecified atom stereocenters. The number of benzene rings is 2. The minimum Gasteiger partial charge on any atom is -0.468 e. The Morgan fingerprint density at radius 2 is 1.50 bits per heavy atom. The molecule has 15 heteroatoms. The van der Waals surface area contributed by atoms with E-state index in [0.717, 1.165) is 16.7 Å². The van der Waals surface area contributed by atoms with Crippen LogP contribution in [0, 0.1) is 34.0 Å². The number of carbonyl (C=O) groups excluding carboxylic acids is 3. The molecule has 3 aliphatic carbocycles. The molecule has 1 spiro atoms. The van der Waals surface area contributed by atoms with Crippen LogP contribution in [0.3, 0.4) is 0 Å². The van der Waals surface area contributed by atoms with Crippen LogP contribution in [0.15, 0.2) is 71.8 Å². The second kappa shape index (κ2) is 15.9. The summed E-state index contributed by atoms with van der Waals surface area (Å²) in [7, 11) is 1.51. The monoisotopic (exact) mass is 904 g/mol. The Morgan fingerprint density at radius 3 is 2.09 bits per heavy atom. The Labute approximate surface area is 376 Å². The predicted octanol–water partition coefficient (Wildman–Crippen LogP) is 6.03. The summed E-state index contributed by atoms with van der Waals surface area (Å²) < 4.78 is 65.0. The van der Waals surface area contributed by atoms with Crippen molar-refractivity contribution >= 4 is 26.0 Å². The van der Waals surface area contributed by atoms with Gasteiger partial charge in [-0.05, 0) is 55.1 Å². The lowest BCUT2D eigenvalue weighted by atomic mass is 9.39. The largest absolute Gasteiger partial charge is 0.468 e. The van der Waals surface area contributed by atoms with Gasteiger partial charge in [0.05, 0.1) is 70.3 Å². The Kier molecular flexibility index (Phi) is 11.4. The van der Waals surface area contributed by atoms with Gasteiger partial charge >= 0.3 is 11.9 Å². The van der Waals surface area contributed by atoms with E-state index in [4.69, 9.17) is 47.1 Å². The van der Waals surface area contributed by atoms with Crippen molar-refractivity contribution in [2.45, 2.75) is 134 Å². The Morgan fingerprint density at radius 1 is 0.875 bits per heavy atom. The lowest BCUT2D eigenvalue weighted by molar-refractivity contribution is -0.284. The lowest BCUT2D eigenvalue weighted by Gasteiger charge is -2.63. The van der Waals surface area contributed by atoms with Gasteiger partial charge in [-0.3, -0.25) is 9.59 Å². The standard InChI is InChI=1S/C49H64O14Si/c1-28-31-21-32(61-43-48(31,23-35(54-6)62-43)58-24-29-17-13-11-14-18-29)36(28)45(5)39(51)37-38-46(27-60-49(40(45)46,42(53)56-8)59-25-30-19-15-12-16-20-30)33(50)22-34(63-64(9,10)44(2,3)4)47(38,26-57-37)41(52)55-7/h11-20,31-35,37-38,40,43,50H,21-27H2,1-10H3/t31-,32+,33+,34-,35-,37-,38-,40+,43-,45-,46+,47+,48+,49+/m1/s1. The molecule has 9 rings (SSSR count). The van der Waals surface area contributed by atoms with Gasteiger partial charge in [0.15, 0.2) is 26.7 Å². The fraction of sp³-hybridized carbons (Fsp3) is 0.653. The number of ether oxygens (including phenoxy) is 9. The molecule has 14 atom stereocenters. The number of carbonyl (C=O) groups is 3. The molecule has 6 fully saturated rings. The van der Waals surface area contributed by atoms with E-state index < -0.39 is 103 Å². The van der Waals surface area contributed by atoms with E-state index in [1.54, 1.807) is 14.0 Å². The summed E-state index contributed by atoms with van der Waals surface area (Å²) in [5.74, 6) is -6.80. The molecule has 2 saturated carbocycles. The zero-order valence-electron chi connectivity index (χ0n) is 38.7. The summed E-state index contributed by atoms with van der Waals surface area (Å²) in [5.41, 5.74) is -2.64. The molecule has 0 amide bonds. The number of methoxy groups -OCH3 is 3. The highest BCUT2D eigenvalue weighted by atomic mass is 28.4. The lowest BCUT2D eigenvalue weighted by Crippen LogP contribution is -2.76. The fourth-order valence-electron chi connectivity index (χ4n) is 13.0. The van der Waals surface area contributed by atoms with Crippen LogP contribution in [0.2, 0.25) is 18.1 Å². The maximum atomic E-state index is 16.3. The average molecular weight is 905 g/mol. The molecule has 4 aliphatic heterocycles. The van der Waals surface area contributed by atoms with E-state index in [9.17, 15) is 14.7 Å². The van der Waals surface area contributed by atoms with Crippen molar-refractivity contribution in [2.24, 2.45) is 34.0 Å². The molecule has 2 aromatic rings. The Balaban J connectivity index is 1.25. The summed E-state index contributed by atoms with van der Waals surface area (Å²) in [6.07, 6.45) is -4.83. The third-order valence-corrected chi connectivity index (χ3v) is 21.4. The molecule has 0 aromatic heterocycles. The topological polar surface area (TPSA) is 164 Å². The SMILES string of the molecule is COC(=O)[C@@]1(OCc2ccccc2)OC[C@@]23[C@@H](O)C[C@@H](O[Si](C)(C)C(C)(C)C)[C@@]4(C(=O)OC)CO[C@@H](C(=O)[C@@](C)(C5=C(C)[C@H]6C[C@@H]5O[C@@H]5O[C@@H](OC)C[C@@]56OCc5ccccc5)[C@H]12)[C@@H]43. The van der Waals surface area contributed by atoms with Crippen LogP contribution in [0.25, 0.3) is 0 Å². The quantitative estimate of drug-likeness (QED) is 0.149. The van der Waals surface area contributed by atoms with Gasteiger partial charge in [-0.2, -0.15) is 0 Å². The second-order valence-corrected chi connectivity index (χ2v) is 25.5. The first-order valence-electron chi connectivity index (χ1n) is 22.6. The molecule has 4 saturated heterocycles. The Bertz CT molecular complexity index is 2180. The molecule has 2 bridgehead atoms. The maximum absolute atomic E-state index is 16.3. The van der Waals surface area contributed by atoms with Gasteiger partial charge in [-0.1, -0.05) is 87.0 Å². The van der Waals surface area contributed by atoms with Crippen molar-refractivity contribution in [3.05, 3.63) is 82.9 Å². The number of aliphatic hydroxyl groups excluding tert-OH is 1. The minimum atomic E-state index is -2.65. The summed E-state index contributed by atoms with van der Waals surface area (Å²) in [5, 5.41) is 12.9. The van der Waals surface area contributed by atoms with Gasteiger partial charge in [0.25, 0.3) is 5.79 Å². The van der Waals surface area contributed by atoms with E-state index in [1.165, 1.54) is 14.2 Å². The number of rotatable bonds is 12.